The molecule has 88 valence electrons. The van der Waals surface area contributed by atoms with Crippen LogP contribution in [0, 0.1) is 6.92 Å². The van der Waals surface area contributed by atoms with Gasteiger partial charge in [0.25, 0.3) is 0 Å². The first-order valence-electron chi connectivity index (χ1n) is 5.78. The summed E-state index contributed by atoms with van der Waals surface area (Å²) in [7, 11) is 0. The summed E-state index contributed by atoms with van der Waals surface area (Å²) in [6.45, 7) is 4.62. The van der Waals surface area contributed by atoms with Gasteiger partial charge in [0.2, 0.25) is 5.88 Å². The van der Waals surface area contributed by atoms with E-state index in [2.05, 4.69) is 39.6 Å². The second kappa shape index (κ2) is 4.22. The molecule has 0 saturated heterocycles. The molecular formula is C13H15N3O. The van der Waals surface area contributed by atoms with E-state index >= 15 is 0 Å². The summed E-state index contributed by atoms with van der Waals surface area (Å²) >= 11 is 0. The van der Waals surface area contributed by atoms with Crippen molar-refractivity contribution in [2.45, 2.75) is 20.0 Å². The summed E-state index contributed by atoms with van der Waals surface area (Å²) in [5.74, 6) is 0.826. The average molecular weight is 229 g/mol. The van der Waals surface area contributed by atoms with Crippen molar-refractivity contribution in [3.63, 3.8) is 0 Å². The van der Waals surface area contributed by atoms with Crippen molar-refractivity contribution in [2.24, 2.45) is 0 Å². The lowest BCUT2D eigenvalue weighted by Crippen LogP contribution is -2.32. The van der Waals surface area contributed by atoms with Crippen molar-refractivity contribution in [1.29, 1.82) is 0 Å². The van der Waals surface area contributed by atoms with Crippen LogP contribution < -0.4 is 5.32 Å². The third-order valence-electron chi connectivity index (χ3n) is 3.08. The third kappa shape index (κ3) is 2.03. The van der Waals surface area contributed by atoms with Gasteiger partial charge in [-0.1, -0.05) is 35.5 Å². The number of nitrogens with zero attached hydrogens (tertiary/aromatic N) is 2. The highest BCUT2D eigenvalue weighted by Gasteiger charge is 2.21. The Kier molecular flexibility index (Phi) is 2.57. The molecule has 1 N–H and O–H groups in total. The molecule has 1 aliphatic rings. The number of nitrogens with one attached hydrogen (secondary N) is 1. The van der Waals surface area contributed by atoms with Gasteiger partial charge in [-0.25, -0.2) is 0 Å². The van der Waals surface area contributed by atoms with Crippen LogP contribution in [0.25, 0.3) is 0 Å². The maximum atomic E-state index is 5.20. The molecule has 2 aromatic rings. The smallest absolute Gasteiger partial charge is 0.230 e. The number of aryl methyl sites for hydroxylation is 1. The molecule has 0 atom stereocenters. The van der Waals surface area contributed by atoms with E-state index in [1.165, 1.54) is 11.1 Å². The molecule has 0 bridgehead atoms. The number of hydrogen-bond acceptors (Lipinski definition) is 4. The van der Waals surface area contributed by atoms with E-state index < -0.39 is 0 Å². The van der Waals surface area contributed by atoms with Gasteiger partial charge in [-0.15, -0.1) is 0 Å². The minimum Gasteiger partial charge on any atom is -0.341 e. The molecule has 0 unspecified atom stereocenters. The molecule has 1 aromatic carbocycles. The predicted octanol–water partition coefficient (Wildman–Crippen LogP) is 2.37. The molecule has 4 nitrogen and oxygen atoms in total. The monoisotopic (exact) mass is 229 g/mol. The number of hydrogen-bond donors (Lipinski definition) is 1. The minimum absolute atomic E-state index is 0.802. The van der Waals surface area contributed by atoms with Gasteiger partial charge in [0.05, 0.1) is 17.9 Å². The van der Waals surface area contributed by atoms with Crippen LogP contribution in [-0.2, 0) is 13.1 Å². The third-order valence-corrected chi connectivity index (χ3v) is 3.08. The molecule has 1 aromatic heterocycles. The van der Waals surface area contributed by atoms with Crippen LogP contribution in [0.3, 0.4) is 0 Å². The molecule has 0 fully saturated rings. The molecule has 1 aliphatic heterocycles. The lowest BCUT2D eigenvalue weighted by atomic mass is 10.1. The molecule has 0 spiro atoms. The molecular weight excluding hydrogens is 214 g/mol. The average Bonchev–Trinajstić information content (AvgIpc) is 2.73. The second-order valence-corrected chi connectivity index (χ2v) is 4.38. The van der Waals surface area contributed by atoms with Crippen molar-refractivity contribution >= 4 is 5.88 Å². The van der Waals surface area contributed by atoms with Crippen LogP contribution >= 0.6 is 0 Å². The van der Waals surface area contributed by atoms with E-state index in [0.717, 1.165) is 31.3 Å². The van der Waals surface area contributed by atoms with E-state index in [1.807, 2.05) is 13.0 Å². The number of aromatic nitrogens is 1. The molecule has 0 amide bonds. The van der Waals surface area contributed by atoms with Crippen LogP contribution in [0.1, 0.15) is 16.8 Å². The molecule has 0 aliphatic carbocycles. The Morgan fingerprint density at radius 1 is 1.35 bits per heavy atom. The lowest BCUT2D eigenvalue weighted by Gasteiger charge is -2.26. The van der Waals surface area contributed by atoms with Crippen LogP contribution in [0.4, 0.5) is 5.88 Å². The highest BCUT2D eigenvalue weighted by atomic mass is 16.5. The van der Waals surface area contributed by atoms with Gasteiger partial charge in [-0.3, -0.25) is 4.90 Å². The van der Waals surface area contributed by atoms with Crippen molar-refractivity contribution in [2.75, 3.05) is 12.0 Å². The van der Waals surface area contributed by atoms with Crippen molar-refractivity contribution in [3.05, 3.63) is 47.2 Å². The number of anilines is 1. The van der Waals surface area contributed by atoms with Gasteiger partial charge in [0, 0.05) is 13.1 Å². The largest absolute Gasteiger partial charge is 0.341 e. The zero-order chi connectivity index (χ0) is 11.7. The summed E-state index contributed by atoms with van der Waals surface area (Å²) in [6.07, 6.45) is 0. The summed E-state index contributed by atoms with van der Waals surface area (Å²) < 4.78 is 5.20. The van der Waals surface area contributed by atoms with Crippen LogP contribution in [0.2, 0.25) is 0 Å². The zero-order valence-corrected chi connectivity index (χ0v) is 9.81. The summed E-state index contributed by atoms with van der Waals surface area (Å²) in [5, 5.41) is 7.23. The number of fused-ring (bicyclic) bond motifs is 1. The van der Waals surface area contributed by atoms with E-state index in [9.17, 15) is 0 Å². The Bertz CT molecular complexity index is 507. The molecule has 2 heterocycles. The highest BCUT2D eigenvalue weighted by Crippen LogP contribution is 2.25. The minimum atomic E-state index is 0.802. The van der Waals surface area contributed by atoms with Crippen LogP contribution in [-0.4, -0.2) is 16.7 Å². The first kappa shape index (κ1) is 10.4. The van der Waals surface area contributed by atoms with Gasteiger partial charge in [-0.2, -0.15) is 0 Å². The Morgan fingerprint density at radius 2 is 2.18 bits per heavy atom. The standard InChI is InChI=1S/C13H15N3O/c1-10-12-8-16(9-14-13(12)17-15-10)7-11-5-3-2-4-6-11/h2-6,14H,7-9H2,1H3. The first-order valence-corrected chi connectivity index (χ1v) is 5.78. The summed E-state index contributed by atoms with van der Waals surface area (Å²) in [5.41, 5.74) is 3.48. The van der Waals surface area contributed by atoms with Crippen molar-refractivity contribution in [3.8, 4) is 0 Å². The van der Waals surface area contributed by atoms with Gasteiger partial charge in [0.15, 0.2) is 0 Å². The van der Waals surface area contributed by atoms with E-state index in [1.54, 1.807) is 0 Å². The van der Waals surface area contributed by atoms with E-state index in [-0.39, 0.29) is 0 Å². The second-order valence-electron chi connectivity index (χ2n) is 4.38. The fourth-order valence-corrected chi connectivity index (χ4v) is 2.13. The van der Waals surface area contributed by atoms with Crippen LogP contribution in [0.15, 0.2) is 34.9 Å². The zero-order valence-electron chi connectivity index (χ0n) is 9.81. The quantitative estimate of drug-likeness (QED) is 0.858. The summed E-state index contributed by atoms with van der Waals surface area (Å²) in [6, 6.07) is 10.5. The van der Waals surface area contributed by atoms with Gasteiger partial charge in [0.1, 0.15) is 0 Å². The molecule has 0 saturated carbocycles. The highest BCUT2D eigenvalue weighted by molar-refractivity contribution is 5.44. The van der Waals surface area contributed by atoms with Gasteiger partial charge >= 0.3 is 0 Å². The van der Waals surface area contributed by atoms with E-state index in [0.29, 0.717) is 0 Å². The fraction of sp³-hybridized carbons (Fsp3) is 0.308. The predicted molar refractivity (Wildman–Crippen MR) is 65.4 cm³/mol. The van der Waals surface area contributed by atoms with Crippen molar-refractivity contribution < 1.29 is 4.52 Å². The number of benzene rings is 1. The fourth-order valence-electron chi connectivity index (χ4n) is 2.13. The first-order chi connectivity index (χ1) is 8.33. The molecule has 17 heavy (non-hydrogen) atoms. The van der Waals surface area contributed by atoms with Crippen LogP contribution in [0.5, 0.6) is 0 Å². The van der Waals surface area contributed by atoms with Gasteiger partial charge in [-0.05, 0) is 12.5 Å². The topological polar surface area (TPSA) is 41.3 Å². The lowest BCUT2D eigenvalue weighted by molar-refractivity contribution is 0.260. The Labute approximate surface area is 100 Å². The Balaban J connectivity index is 1.74. The maximum Gasteiger partial charge on any atom is 0.230 e. The Morgan fingerprint density at radius 3 is 3.00 bits per heavy atom. The molecule has 3 rings (SSSR count). The normalized spacial score (nSPS) is 15.4. The van der Waals surface area contributed by atoms with E-state index in [4.69, 9.17) is 4.52 Å². The maximum absolute atomic E-state index is 5.20. The summed E-state index contributed by atoms with van der Waals surface area (Å²) in [4.78, 5) is 2.34. The van der Waals surface area contributed by atoms with Crippen molar-refractivity contribution in [1.82, 2.24) is 10.1 Å². The Hall–Kier alpha value is -1.81. The molecule has 0 radical (unpaired) electrons. The SMILES string of the molecule is Cc1noc2c1CN(Cc1ccccc1)CN2. The molecule has 4 heteroatoms. The van der Waals surface area contributed by atoms with Gasteiger partial charge < -0.3 is 9.84 Å². The number of rotatable bonds is 2.